The van der Waals surface area contributed by atoms with Gasteiger partial charge in [-0.05, 0) is 64.8 Å². The van der Waals surface area contributed by atoms with Crippen LogP contribution in [0.3, 0.4) is 0 Å². The predicted octanol–water partition coefficient (Wildman–Crippen LogP) is 5.20. The Kier molecular flexibility index (Phi) is 6.09. The van der Waals surface area contributed by atoms with Gasteiger partial charge in [-0.1, -0.05) is 36.7 Å². The van der Waals surface area contributed by atoms with Crippen molar-refractivity contribution in [2.45, 2.75) is 19.4 Å². The highest BCUT2D eigenvalue weighted by molar-refractivity contribution is 9.10. The first-order chi connectivity index (χ1) is 10.2. The Labute approximate surface area is 139 Å². The van der Waals surface area contributed by atoms with Crippen molar-refractivity contribution in [3.05, 3.63) is 63.1 Å². The molecule has 0 amide bonds. The molecule has 2 aromatic carbocycles. The average molecular weight is 369 g/mol. The standard InChI is InChI=1S/C17H19BrClNO/c1-3-10-21-14-7-4-12(5-8-14)17(20-2)13-6-9-16(19)15(18)11-13/h4-9,11,17,20H,3,10H2,1-2H3. The Morgan fingerprint density at radius 3 is 2.38 bits per heavy atom. The highest BCUT2D eigenvalue weighted by Gasteiger charge is 2.13. The van der Waals surface area contributed by atoms with Crippen LogP contribution in [0.2, 0.25) is 5.02 Å². The van der Waals surface area contributed by atoms with E-state index in [1.54, 1.807) is 0 Å². The van der Waals surface area contributed by atoms with E-state index in [1.807, 2.05) is 37.4 Å². The molecule has 0 saturated carbocycles. The lowest BCUT2D eigenvalue weighted by atomic mass is 9.99. The number of halogens is 2. The zero-order chi connectivity index (χ0) is 15.2. The lowest BCUT2D eigenvalue weighted by Gasteiger charge is -2.18. The van der Waals surface area contributed by atoms with Crippen molar-refractivity contribution in [2.24, 2.45) is 0 Å². The fourth-order valence-corrected chi connectivity index (χ4v) is 2.71. The molecule has 2 aromatic rings. The van der Waals surface area contributed by atoms with E-state index in [0.29, 0.717) is 0 Å². The van der Waals surface area contributed by atoms with Gasteiger partial charge >= 0.3 is 0 Å². The van der Waals surface area contributed by atoms with E-state index in [0.717, 1.165) is 33.8 Å². The summed E-state index contributed by atoms with van der Waals surface area (Å²) < 4.78 is 6.53. The summed E-state index contributed by atoms with van der Waals surface area (Å²) in [6.07, 6.45) is 1.01. The number of hydrogen-bond donors (Lipinski definition) is 1. The Morgan fingerprint density at radius 2 is 1.81 bits per heavy atom. The van der Waals surface area contributed by atoms with E-state index in [-0.39, 0.29) is 6.04 Å². The van der Waals surface area contributed by atoms with Gasteiger partial charge in [-0.2, -0.15) is 0 Å². The van der Waals surface area contributed by atoms with Crippen molar-refractivity contribution in [1.82, 2.24) is 5.32 Å². The van der Waals surface area contributed by atoms with Crippen LogP contribution in [0.4, 0.5) is 0 Å². The van der Waals surface area contributed by atoms with E-state index >= 15 is 0 Å². The molecular formula is C17H19BrClNO. The molecule has 0 spiro atoms. The molecule has 0 radical (unpaired) electrons. The zero-order valence-corrected chi connectivity index (χ0v) is 14.5. The maximum Gasteiger partial charge on any atom is 0.119 e. The largest absolute Gasteiger partial charge is 0.494 e. The molecule has 112 valence electrons. The monoisotopic (exact) mass is 367 g/mol. The molecule has 0 heterocycles. The van der Waals surface area contributed by atoms with Crippen LogP contribution >= 0.6 is 27.5 Å². The van der Waals surface area contributed by atoms with Crippen LogP contribution in [0.5, 0.6) is 5.75 Å². The van der Waals surface area contributed by atoms with Crippen molar-refractivity contribution >= 4 is 27.5 Å². The second-order valence-electron chi connectivity index (χ2n) is 4.81. The van der Waals surface area contributed by atoms with Crippen LogP contribution < -0.4 is 10.1 Å². The smallest absolute Gasteiger partial charge is 0.119 e. The molecular weight excluding hydrogens is 350 g/mol. The van der Waals surface area contributed by atoms with Crippen LogP contribution in [0.25, 0.3) is 0 Å². The van der Waals surface area contributed by atoms with E-state index in [9.17, 15) is 0 Å². The second kappa shape index (κ2) is 7.83. The predicted molar refractivity (Wildman–Crippen MR) is 92.3 cm³/mol. The van der Waals surface area contributed by atoms with Crippen LogP contribution in [0.15, 0.2) is 46.9 Å². The first kappa shape index (κ1) is 16.3. The molecule has 0 aliphatic carbocycles. The summed E-state index contributed by atoms with van der Waals surface area (Å²) in [7, 11) is 1.95. The van der Waals surface area contributed by atoms with Gasteiger partial charge in [0, 0.05) is 4.47 Å². The summed E-state index contributed by atoms with van der Waals surface area (Å²) >= 11 is 9.54. The molecule has 0 aromatic heterocycles. The fraction of sp³-hybridized carbons (Fsp3) is 0.294. The number of nitrogens with one attached hydrogen (secondary N) is 1. The van der Waals surface area contributed by atoms with Crippen molar-refractivity contribution in [1.29, 1.82) is 0 Å². The summed E-state index contributed by atoms with van der Waals surface area (Å²) in [6, 6.07) is 14.3. The van der Waals surface area contributed by atoms with Crippen LogP contribution in [0, 0.1) is 0 Å². The summed E-state index contributed by atoms with van der Waals surface area (Å²) in [5.41, 5.74) is 2.35. The molecule has 0 bridgehead atoms. The third-order valence-electron chi connectivity index (χ3n) is 3.25. The van der Waals surface area contributed by atoms with Crippen LogP contribution in [-0.2, 0) is 0 Å². The molecule has 2 rings (SSSR count). The number of ether oxygens (including phenoxy) is 1. The maximum absolute atomic E-state index is 6.06. The second-order valence-corrected chi connectivity index (χ2v) is 6.07. The van der Waals surface area contributed by atoms with Gasteiger partial charge in [0.2, 0.25) is 0 Å². The van der Waals surface area contributed by atoms with Crippen molar-refractivity contribution in [3.63, 3.8) is 0 Å². The van der Waals surface area contributed by atoms with E-state index in [4.69, 9.17) is 16.3 Å². The molecule has 4 heteroatoms. The molecule has 1 atom stereocenters. The van der Waals surface area contributed by atoms with Gasteiger partial charge in [-0.3, -0.25) is 0 Å². The molecule has 21 heavy (non-hydrogen) atoms. The number of benzene rings is 2. The highest BCUT2D eigenvalue weighted by Crippen LogP contribution is 2.29. The summed E-state index contributed by atoms with van der Waals surface area (Å²) in [5, 5.41) is 4.06. The molecule has 1 unspecified atom stereocenters. The Balaban J connectivity index is 2.22. The highest BCUT2D eigenvalue weighted by atomic mass is 79.9. The van der Waals surface area contributed by atoms with Gasteiger partial charge in [0.25, 0.3) is 0 Å². The van der Waals surface area contributed by atoms with Crippen molar-refractivity contribution in [2.75, 3.05) is 13.7 Å². The minimum absolute atomic E-state index is 0.124. The van der Waals surface area contributed by atoms with E-state index in [2.05, 4.69) is 40.3 Å². The molecule has 2 nitrogen and oxygen atoms in total. The first-order valence-corrected chi connectivity index (χ1v) is 8.17. The van der Waals surface area contributed by atoms with E-state index in [1.165, 1.54) is 5.56 Å². The van der Waals surface area contributed by atoms with Gasteiger partial charge in [0.1, 0.15) is 5.75 Å². The van der Waals surface area contributed by atoms with Gasteiger partial charge < -0.3 is 10.1 Å². The average Bonchev–Trinajstić information content (AvgIpc) is 2.50. The SMILES string of the molecule is CCCOc1ccc(C(NC)c2ccc(Cl)c(Br)c2)cc1. The molecule has 0 saturated heterocycles. The first-order valence-electron chi connectivity index (χ1n) is 7.00. The molecule has 1 N–H and O–H groups in total. The molecule has 0 aliphatic rings. The Bertz CT molecular complexity index is 586. The molecule has 0 aliphatic heterocycles. The topological polar surface area (TPSA) is 21.3 Å². The third kappa shape index (κ3) is 4.22. The minimum Gasteiger partial charge on any atom is -0.494 e. The van der Waals surface area contributed by atoms with Crippen molar-refractivity contribution < 1.29 is 4.74 Å². The normalized spacial score (nSPS) is 12.2. The van der Waals surface area contributed by atoms with Crippen LogP contribution in [0.1, 0.15) is 30.5 Å². The van der Waals surface area contributed by atoms with Gasteiger partial charge in [-0.25, -0.2) is 0 Å². The summed E-state index contributed by atoms with van der Waals surface area (Å²) in [5.74, 6) is 0.910. The lowest BCUT2D eigenvalue weighted by molar-refractivity contribution is 0.317. The van der Waals surface area contributed by atoms with Gasteiger partial charge in [-0.15, -0.1) is 0 Å². The fourth-order valence-electron chi connectivity index (χ4n) is 2.19. The number of rotatable bonds is 6. The quantitative estimate of drug-likeness (QED) is 0.756. The maximum atomic E-state index is 6.06. The molecule has 0 fully saturated rings. The van der Waals surface area contributed by atoms with Gasteiger partial charge in [0.05, 0.1) is 17.7 Å². The Morgan fingerprint density at radius 1 is 1.14 bits per heavy atom. The van der Waals surface area contributed by atoms with E-state index < -0.39 is 0 Å². The Hall–Kier alpha value is -1.03. The third-order valence-corrected chi connectivity index (χ3v) is 4.47. The van der Waals surface area contributed by atoms with Crippen LogP contribution in [-0.4, -0.2) is 13.7 Å². The summed E-state index contributed by atoms with van der Waals surface area (Å²) in [6.45, 7) is 2.85. The number of hydrogen-bond acceptors (Lipinski definition) is 2. The lowest BCUT2D eigenvalue weighted by Crippen LogP contribution is -2.17. The minimum atomic E-state index is 0.124. The van der Waals surface area contributed by atoms with Crippen molar-refractivity contribution in [3.8, 4) is 5.75 Å². The zero-order valence-electron chi connectivity index (χ0n) is 12.2. The van der Waals surface area contributed by atoms with Gasteiger partial charge in [0.15, 0.2) is 0 Å². The summed E-state index contributed by atoms with van der Waals surface area (Å²) in [4.78, 5) is 0.